The third kappa shape index (κ3) is 4.73. The molecule has 0 aromatic rings. The van der Waals surface area contributed by atoms with Gasteiger partial charge in [-0.05, 0) is 31.8 Å². The average Bonchev–Trinajstić information content (AvgIpc) is 2.05. The van der Waals surface area contributed by atoms with E-state index in [4.69, 9.17) is 0 Å². The van der Waals surface area contributed by atoms with Crippen molar-refractivity contribution in [1.29, 1.82) is 0 Å². The third-order valence-electron chi connectivity index (χ3n) is 1.69. The van der Waals surface area contributed by atoms with E-state index in [1.54, 1.807) is 0 Å². The summed E-state index contributed by atoms with van der Waals surface area (Å²) in [5.41, 5.74) is 0. The minimum Gasteiger partial charge on any atom is -0.0879 e. The van der Waals surface area contributed by atoms with Crippen molar-refractivity contribution in [2.75, 3.05) is 0 Å². The van der Waals surface area contributed by atoms with E-state index in [0.29, 0.717) is 0 Å². The van der Waals surface area contributed by atoms with Gasteiger partial charge in [0.2, 0.25) is 0 Å². The van der Waals surface area contributed by atoms with E-state index in [-0.39, 0.29) is 0 Å². The van der Waals surface area contributed by atoms with Crippen LogP contribution in [0.4, 0.5) is 0 Å². The third-order valence-corrected chi connectivity index (χ3v) is 1.69. The van der Waals surface area contributed by atoms with Gasteiger partial charge in [0.25, 0.3) is 0 Å². The predicted octanol–water partition coefficient (Wildman–Crippen LogP) is 3.59. The van der Waals surface area contributed by atoms with Crippen LogP contribution < -0.4 is 0 Å². The fourth-order valence-corrected chi connectivity index (χ4v) is 1.03. The zero-order valence-corrected chi connectivity index (χ0v) is 7.37. The summed E-state index contributed by atoms with van der Waals surface area (Å²) in [5, 5.41) is 0. The van der Waals surface area contributed by atoms with Crippen molar-refractivity contribution >= 4 is 0 Å². The molecule has 1 radical (unpaired) electrons. The molecule has 1 aliphatic rings. The Hall–Kier alpha value is -1.04. The summed E-state index contributed by atoms with van der Waals surface area (Å²) in [6.07, 6.45) is 22.5. The van der Waals surface area contributed by atoms with Crippen molar-refractivity contribution in [1.82, 2.24) is 0 Å². The first-order valence-corrected chi connectivity index (χ1v) is 4.53. The summed E-state index contributed by atoms with van der Waals surface area (Å²) in [6.45, 7) is 0. The Morgan fingerprint density at radius 2 is 1.50 bits per heavy atom. The Labute approximate surface area is 75.0 Å². The topological polar surface area (TPSA) is 0 Å². The Morgan fingerprint density at radius 3 is 2.42 bits per heavy atom. The molecule has 0 aromatic carbocycles. The highest BCUT2D eigenvalue weighted by atomic mass is 13.8. The lowest BCUT2D eigenvalue weighted by Crippen LogP contribution is -1.67. The quantitative estimate of drug-likeness (QED) is 0.474. The number of hydrogen-bond acceptors (Lipinski definition) is 0. The van der Waals surface area contributed by atoms with Gasteiger partial charge in [-0.3, -0.25) is 0 Å². The normalized spacial score (nSPS) is 29.3. The van der Waals surface area contributed by atoms with E-state index < -0.39 is 0 Å². The summed E-state index contributed by atoms with van der Waals surface area (Å²) >= 11 is 0. The van der Waals surface area contributed by atoms with Gasteiger partial charge in [0, 0.05) is 0 Å². The minimum atomic E-state index is 1.02. The molecule has 0 atom stereocenters. The Kier molecular flexibility index (Phi) is 5.02. The van der Waals surface area contributed by atoms with E-state index >= 15 is 0 Å². The largest absolute Gasteiger partial charge is 0.0879 e. The molecular weight excluding hydrogens is 144 g/mol. The fraction of sp³-hybridized carbons (Fsp3) is 0.333. The molecule has 0 spiro atoms. The maximum absolute atomic E-state index is 3.13. The van der Waals surface area contributed by atoms with Crippen molar-refractivity contribution in [3.63, 3.8) is 0 Å². The van der Waals surface area contributed by atoms with Gasteiger partial charge >= 0.3 is 0 Å². The first-order chi connectivity index (χ1) is 6.00. The van der Waals surface area contributed by atoms with Gasteiger partial charge in [-0.1, -0.05) is 42.5 Å². The minimum absolute atomic E-state index is 1.02. The van der Waals surface area contributed by atoms with Gasteiger partial charge in [0.1, 0.15) is 0 Å². The van der Waals surface area contributed by atoms with E-state index in [1.165, 1.54) is 0 Å². The van der Waals surface area contributed by atoms with Gasteiger partial charge in [-0.25, -0.2) is 0 Å². The van der Waals surface area contributed by atoms with Crippen molar-refractivity contribution in [3.05, 3.63) is 48.6 Å². The lowest BCUT2D eigenvalue weighted by Gasteiger charge is -1.87. The Bertz CT molecular complexity index is 204. The summed E-state index contributed by atoms with van der Waals surface area (Å²) in [7, 11) is 0. The number of allylic oxidation sites excluding steroid dienone is 8. The van der Waals surface area contributed by atoms with Crippen LogP contribution in [0.2, 0.25) is 0 Å². The summed E-state index contributed by atoms with van der Waals surface area (Å²) in [5.74, 6) is 0. The number of rotatable bonds is 0. The van der Waals surface area contributed by atoms with Crippen molar-refractivity contribution in [2.24, 2.45) is 0 Å². The van der Waals surface area contributed by atoms with E-state index in [1.807, 2.05) is 6.08 Å². The summed E-state index contributed by atoms with van der Waals surface area (Å²) < 4.78 is 0. The zero-order chi connectivity index (χ0) is 8.49. The van der Waals surface area contributed by atoms with Crippen molar-refractivity contribution in [3.8, 4) is 0 Å². The molecule has 0 nitrogen and oxygen atoms in total. The summed E-state index contributed by atoms with van der Waals surface area (Å²) in [4.78, 5) is 0. The highest BCUT2D eigenvalue weighted by Gasteiger charge is 1.78. The van der Waals surface area contributed by atoms with E-state index in [9.17, 15) is 0 Å². The molecule has 0 fully saturated rings. The van der Waals surface area contributed by atoms with Gasteiger partial charge in [0.15, 0.2) is 0 Å². The standard InChI is InChI=1S/C12H15/c1-2-4-6-8-10-12-11-9-7-5-3-1/h1-2,5-8,12H,3-4,9,11H2/b2-1-,7-5-,8-6+,12-10?. The zero-order valence-electron chi connectivity index (χ0n) is 7.37. The van der Waals surface area contributed by atoms with Crippen LogP contribution in [0.1, 0.15) is 25.7 Å². The van der Waals surface area contributed by atoms with Crippen LogP contribution in [0.25, 0.3) is 0 Å². The lowest BCUT2D eigenvalue weighted by atomic mass is 10.2. The van der Waals surface area contributed by atoms with E-state index in [0.717, 1.165) is 25.7 Å². The van der Waals surface area contributed by atoms with Crippen molar-refractivity contribution in [2.45, 2.75) is 25.7 Å². The fourth-order valence-electron chi connectivity index (χ4n) is 1.03. The number of hydrogen-bond donors (Lipinski definition) is 0. The Balaban J connectivity index is 2.41. The van der Waals surface area contributed by atoms with Gasteiger partial charge < -0.3 is 0 Å². The molecule has 0 N–H and O–H groups in total. The average molecular weight is 159 g/mol. The van der Waals surface area contributed by atoms with Gasteiger partial charge in [-0.15, -0.1) is 0 Å². The van der Waals surface area contributed by atoms with E-state index in [2.05, 4.69) is 42.5 Å². The van der Waals surface area contributed by atoms with Gasteiger partial charge in [-0.2, -0.15) is 0 Å². The second-order valence-electron chi connectivity index (χ2n) is 2.76. The Morgan fingerprint density at radius 1 is 0.750 bits per heavy atom. The first-order valence-electron chi connectivity index (χ1n) is 4.53. The van der Waals surface area contributed by atoms with Crippen molar-refractivity contribution < 1.29 is 0 Å². The van der Waals surface area contributed by atoms with Crippen LogP contribution in [0, 0.1) is 6.08 Å². The molecule has 0 saturated carbocycles. The molecule has 63 valence electrons. The molecule has 12 heavy (non-hydrogen) atoms. The molecule has 0 unspecified atom stereocenters. The lowest BCUT2D eigenvalue weighted by molar-refractivity contribution is 1.04. The molecule has 0 bridgehead atoms. The molecule has 0 aliphatic heterocycles. The maximum atomic E-state index is 3.13. The van der Waals surface area contributed by atoms with Crippen LogP contribution in [0.5, 0.6) is 0 Å². The second kappa shape index (κ2) is 6.66. The molecule has 0 heterocycles. The van der Waals surface area contributed by atoms with Crippen LogP contribution >= 0.6 is 0 Å². The predicted molar refractivity (Wildman–Crippen MR) is 53.7 cm³/mol. The highest BCUT2D eigenvalue weighted by Crippen LogP contribution is 1.98. The first kappa shape index (κ1) is 9.05. The van der Waals surface area contributed by atoms with Crippen LogP contribution in [0.3, 0.4) is 0 Å². The van der Waals surface area contributed by atoms with Crippen LogP contribution in [0.15, 0.2) is 42.5 Å². The van der Waals surface area contributed by atoms with Crippen LogP contribution in [-0.2, 0) is 0 Å². The summed E-state index contributed by atoms with van der Waals surface area (Å²) in [6, 6.07) is 0. The molecular formula is C12H15. The van der Waals surface area contributed by atoms with Crippen LogP contribution in [-0.4, -0.2) is 0 Å². The highest BCUT2D eigenvalue weighted by molar-refractivity contribution is 5.02. The monoisotopic (exact) mass is 159 g/mol. The maximum Gasteiger partial charge on any atom is -0.0166 e. The molecule has 0 saturated heterocycles. The molecule has 0 aromatic heterocycles. The SMILES string of the molecule is [C]1=C\CC/C=C\C/C=C\C/C=C/1. The molecule has 0 amide bonds. The molecule has 1 aliphatic carbocycles. The molecule has 1 rings (SSSR count). The smallest absolute Gasteiger partial charge is 0.0166 e. The second-order valence-corrected chi connectivity index (χ2v) is 2.76. The molecule has 0 heteroatoms. The van der Waals surface area contributed by atoms with Gasteiger partial charge in [0.05, 0.1) is 0 Å².